The molecule has 7 heteroatoms. The van der Waals surface area contributed by atoms with E-state index < -0.39 is 0 Å². The fourth-order valence-corrected chi connectivity index (χ4v) is 2.92. The van der Waals surface area contributed by atoms with Crippen molar-refractivity contribution in [1.82, 2.24) is 30.0 Å². The van der Waals surface area contributed by atoms with E-state index in [2.05, 4.69) is 57.9 Å². The van der Waals surface area contributed by atoms with Crippen LogP contribution in [0, 0.1) is 13.8 Å². The molecular formula is C14H16N6S. The van der Waals surface area contributed by atoms with Gasteiger partial charge in [0, 0.05) is 18.5 Å². The molecule has 2 heterocycles. The van der Waals surface area contributed by atoms with Crippen molar-refractivity contribution in [2.24, 2.45) is 7.05 Å². The van der Waals surface area contributed by atoms with Crippen LogP contribution < -0.4 is 0 Å². The summed E-state index contributed by atoms with van der Waals surface area (Å²) >= 11 is 1.62. The predicted molar refractivity (Wildman–Crippen MR) is 81.4 cm³/mol. The lowest BCUT2D eigenvalue weighted by molar-refractivity contribution is 0.664. The first-order valence-electron chi connectivity index (χ1n) is 6.61. The number of tetrazole rings is 1. The van der Waals surface area contributed by atoms with Crippen molar-refractivity contribution < 1.29 is 0 Å². The van der Waals surface area contributed by atoms with Gasteiger partial charge in [0.25, 0.3) is 0 Å². The molecule has 0 bridgehead atoms. The first-order chi connectivity index (χ1) is 10.1. The SMILES string of the molecule is Cc1cc(C)n(-c2ccc(CSc3nnnn3C)cc2)n1. The summed E-state index contributed by atoms with van der Waals surface area (Å²) in [4.78, 5) is 0. The summed E-state index contributed by atoms with van der Waals surface area (Å²) in [7, 11) is 1.84. The number of thioether (sulfide) groups is 1. The maximum absolute atomic E-state index is 4.49. The van der Waals surface area contributed by atoms with Crippen molar-refractivity contribution >= 4 is 11.8 Å². The van der Waals surface area contributed by atoms with Gasteiger partial charge in [-0.15, -0.1) is 5.10 Å². The van der Waals surface area contributed by atoms with Gasteiger partial charge < -0.3 is 0 Å². The standard InChI is InChI=1S/C14H16N6S/c1-10-8-11(2)20(16-10)13-6-4-12(5-7-13)9-21-14-15-17-18-19(14)3/h4-8H,9H2,1-3H3. The molecule has 3 rings (SSSR count). The van der Waals surface area contributed by atoms with Crippen molar-refractivity contribution in [3.63, 3.8) is 0 Å². The zero-order valence-electron chi connectivity index (χ0n) is 12.2. The zero-order valence-corrected chi connectivity index (χ0v) is 13.0. The van der Waals surface area contributed by atoms with Crippen LogP contribution >= 0.6 is 11.8 Å². The highest BCUT2D eigenvalue weighted by Crippen LogP contribution is 2.20. The lowest BCUT2D eigenvalue weighted by Crippen LogP contribution is -1.99. The van der Waals surface area contributed by atoms with Crippen LogP contribution in [-0.2, 0) is 12.8 Å². The van der Waals surface area contributed by atoms with Gasteiger partial charge in [-0.25, -0.2) is 9.36 Å². The Morgan fingerprint density at radius 2 is 1.90 bits per heavy atom. The number of aryl methyl sites for hydroxylation is 3. The van der Waals surface area contributed by atoms with E-state index in [1.165, 1.54) is 5.56 Å². The number of aromatic nitrogens is 6. The lowest BCUT2D eigenvalue weighted by Gasteiger charge is -2.06. The monoisotopic (exact) mass is 300 g/mol. The molecule has 0 radical (unpaired) electrons. The van der Waals surface area contributed by atoms with Crippen LogP contribution in [0.4, 0.5) is 0 Å². The molecule has 0 saturated carbocycles. The van der Waals surface area contributed by atoms with Crippen LogP contribution in [0.25, 0.3) is 5.69 Å². The highest BCUT2D eigenvalue weighted by molar-refractivity contribution is 7.98. The largest absolute Gasteiger partial charge is 0.238 e. The van der Waals surface area contributed by atoms with Gasteiger partial charge in [0.2, 0.25) is 5.16 Å². The number of nitrogens with zero attached hydrogens (tertiary/aromatic N) is 6. The van der Waals surface area contributed by atoms with Gasteiger partial charge in [-0.3, -0.25) is 0 Å². The van der Waals surface area contributed by atoms with Gasteiger partial charge >= 0.3 is 0 Å². The Labute approximate surface area is 127 Å². The van der Waals surface area contributed by atoms with Crippen molar-refractivity contribution in [2.45, 2.75) is 24.8 Å². The molecule has 21 heavy (non-hydrogen) atoms. The zero-order chi connectivity index (χ0) is 14.8. The molecule has 0 aliphatic rings. The molecule has 0 saturated heterocycles. The highest BCUT2D eigenvalue weighted by Gasteiger charge is 2.05. The van der Waals surface area contributed by atoms with Crippen LogP contribution in [0.2, 0.25) is 0 Å². The summed E-state index contributed by atoms with van der Waals surface area (Å²) in [6.45, 7) is 4.06. The number of hydrogen-bond acceptors (Lipinski definition) is 5. The van der Waals surface area contributed by atoms with Crippen molar-refractivity contribution in [3.05, 3.63) is 47.3 Å². The maximum atomic E-state index is 4.49. The molecule has 0 atom stereocenters. The second-order valence-corrected chi connectivity index (χ2v) is 5.82. The summed E-state index contributed by atoms with van der Waals surface area (Å²) in [5.41, 5.74) is 4.48. The summed E-state index contributed by atoms with van der Waals surface area (Å²) in [6, 6.07) is 10.5. The van der Waals surface area contributed by atoms with Crippen molar-refractivity contribution in [1.29, 1.82) is 0 Å². The fourth-order valence-electron chi connectivity index (χ4n) is 2.12. The van der Waals surface area contributed by atoms with E-state index in [4.69, 9.17) is 0 Å². The Morgan fingerprint density at radius 3 is 2.48 bits per heavy atom. The van der Waals surface area contributed by atoms with E-state index in [1.807, 2.05) is 18.7 Å². The Kier molecular flexibility index (Phi) is 3.74. The summed E-state index contributed by atoms with van der Waals surface area (Å²) in [5.74, 6) is 0.839. The third-order valence-corrected chi connectivity index (χ3v) is 4.22. The minimum atomic E-state index is 0.817. The van der Waals surface area contributed by atoms with E-state index in [1.54, 1.807) is 16.4 Å². The van der Waals surface area contributed by atoms with Crippen LogP contribution in [-0.4, -0.2) is 30.0 Å². The van der Waals surface area contributed by atoms with E-state index in [0.29, 0.717) is 0 Å². The van der Waals surface area contributed by atoms with Crippen LogP contribution in [0.15, 0.2) is 35.5 Å². The van der Waals surface area contributed by atoms with Crippen molar-refractivity contribution in [2.75, 3.05) is 0 Å². The van der Waals surface area contributed by atoms with Gasteiger partial charge in [0.15, 0.2) is 0 Å². The molecule has 0 N–H and O–H groups in total. The first-order valence-corrected chi connectivity index (χ1v) is 7.60. The molecule has 108 valence electrons. The molecule has 2 aromatic heterocycles. The lowest BCUT2D eigenvalue weighted by atomic mass is 10.2. The average molecular weight is 300 g/mol. The topological polar surface area (TPSA) is 61.4 Å². The molecule has 1 aromatic carbocycles. The molecule has 0 fully saturated rings. The molecule has 0 spiro atoms. The first kappa shape index (κ1) is 13.8. The van der Waals surface area contributed by atoms with Gasteiger partial charge in [-0.05, 0) is 48.0 Å². The minimum absolute atomic E-state index is 0.817. The number of rotatable bonds is 4. The van der Waals surface area contributed by atoms with Gasteiger partial charge in [-0.2, -0.15) is 5.10 Å². The fraction of sp³-hybridized carbons (Fsp3) is 0.286. The molecular weight excluding hydrogens is 284 g/mol. The Balaban J connectivity index is 1.72. The van der Waals surface area contributed by atoms with Crippen LogP contribution in [0.5, 0.6) is 0 Å². The highest BCUT2D eigenvalue weighted by atomic mass is 32.2. The van der Waals surface area contributed by atoms with Crippen molar-refractivity contribution in [3.8, 4) is 5.69 Å². The molecule has 0 amide bonds. The normalized spacial score (nSPS) is 11.0. The van der Waals surface area contributed by atoms with Gasteiger partial charge in [0.05, 0.1) is 11.4 Å². The number of benzene rings is 1. The van der Waals surface area contributed by atoms with Crippen LogP contribution in [0.1, 0.15) is 17.0 Å². The Morgan fingerprint density at radius 1 is 1.14 bits per heavy atom. The number of hydrogen-bond donors (Lipinski definition) is 0. The van der Waals surface area contributed by atoms with E-state index in [0.717, 1.165) is 28.0 Å². The van der Waals surface area contributed by atoms with Crippen LogP contribution in [0.3, 0.4) is 0 Å². The average Bonchev–Trinajstić information content (AvgIpc) is 3.03. The molecule has 3 aromatic rings. The summed E-state index contributed by atoms with van der Waals surface area (Å²) in [6.07, 6.45) is 0. The van der Waals surface area contributed by atoms with E-state index in [9.17, 15) is 0 Å². The second kappa shape index (κ2) is 5.69. The van der Waals surface area contributed by atoms with E-state index in [-0.39, 0.29) is 0 Å². The molecule has 0 unspecified atom stereocenters. The van der Waals surface area contributed by atoms with Gasteiger partial charge in [0.1, 0.15) is 0 Å². The van der Waals surface area contributed by atoms with E-state index >= 15 is 0 Å². The Hall–Kier alpha value is -2.15. The molecule has 6 nitrogen and oxygen atoms in total. The summed E-state index contributed by atoms with van der Waals surface area (Å²) in [5, 5.41) is 16.7. The summed E-state index contributed by atoms with van der Waals surface area (Å²) < 4.78 is 3.63. The smallest absolute Gasteiger partial charge is 0.209 e. The maximum Gasteiger partial charge on any atom is 0.209 e. The van der Waals surface area contributed by atoms with Gasteiger partial charge in [-0.1, -0.05) is 23.9 Å². The molecule has 0 aliphatic carbocycles. The minimum Gasteiger partial charge on any atom is -0.238 e. The predicted octanol–water partition coefficient (Wildman–Crippen LogP) is 2.30. The second-order valence-electron chi connectivity index (χ2n) is 4.88. The third-order valence-electron chi connectivity index (χ3n) is 3.14. The quantitative estimate of drug-likeness (QED) is 0.692. The third kappa shape index (κ3) is 2.97. The molecule has 0 aliphatic heterocycles. The Bertz CT molecular complexity index is 743.